The summed E-state index contributed by atoms with van der Waals surface area (Å²) in [6.07, 6.45) is 0. The van der Waals surface area contributed by atoms with Crippen molar-refractivity contribution >= 4 is 11.8 Å². The molecule has 2 N–H and O–H groups in total. The van der Waals surface area contributed by atoms with Gasteiger partial charge in [0.15, 0.2) is 0 Å². The predicted octanol–water partition coefficient (Wildman–Crippen LogP) is 2.97. The molecule has 0 aliphatic carbocycles. The Kier molecular flexibility index (Phi) is 8.06. The van der Waals surface area contributed by atoms with Crippen LogP contribution in [0.2, 0.25) is 0 Å². The second kappa shape index (κ2) is 9.92. The third-order valence-corrected chi connectivity index (χ3v) is 5.81. The first-order valence-corrected chi connectivity index (χ1v) is 10.9. The number of amides is 2. The van der Waals surface area contributed by atoms with Crippen molar-refractivity contribution in [1.29, 1.82) is 0 Å². The van der Waals surface area contributed by atoms with E-state index in [-0.39, 0.29) is 28.7 Å². The van der Waals surface area contributed by atoms with Crippen LogP contribution < -0.4 is 10.6 Å². The monoisotopic (exact) mass is 417 g/mol. The molecular weight excluding hydrogens is 378 g/mol. The number of carbonyl (C=O) groups is 2. The molecule has 1 fully saturated rings. The Labute approximate surface area is 181 Å². The van der Waals surface area contributed by atoms with E-state index in [4.69, 9.17) is 4.74 Å². The molecule has 1 atom stereocenters. The van der Waals surface area contributed by atoms with Gasteiger partial charge in [0.1, 0.15) is 6.04 Å². The van der Waals surface area contributed by atoms with Crippen molar-refractivity contribution in [2.45, 2.75) is 65.5 Å². The summed E-state index contributed by atoms with van der Waals surface area (Å²) >= 11 is 0. The van der Waals surface area contributed by atoms with Gasteiger partial charge in [0.05, 0.1) is 13.2 Å². The van der Waals surface area contributed by atoms with Crippen LogP contribution in [-0.2, 0) is 14.9 Å². The number of carbonyl (C=O) groups excluding carboxylic acids is 2. The van der Waals surface area contributed by atoms with Crippen molar-refractivity contribution < 1.29 is 14.3 Å². The molecule has 0 bridgehead atoms. The maximum Gasteiger partial charge on any atom is 0.251 e. The molecule has 1 aromatic carbocycles. The van der Waals surface area contributed by atoms with Crippen molar-refractivity contribution in [3.8, 4) is 0 Å². The lowest BCUT2D eigenvalue weighted by molar-refractivity contribution is -0.124. The van der Waals surface area contributed by atoms with Crippen LogP contribution in [0.15, 0.2) is 24.3 Å². The molecule has 6 nitrogen and oxygen atoms in total. The lowest BCUT2D eigenvalue weighted by Gasteiger charge is -2.41. The zero-order valence-electron chi connectivity index (χ0n) is 19.7. The number of rotatable bonds is 7. The molecule has 1 aliphatic rings. The van der Waals surface area contributed by atoms with Gasteiger partial charge in [-0.05, 0) is 42.9 Å². The van der Waals surface area contributed by atoms with Gasteiger partial charge in [0, 0.05) is 30.7 Å². The molecule has 0 saturated carbocycles. The van der Waals surface area contributed by atoms with Crippen LogP contribution >= 0.6 is 0 Å². The van der Waals surface area contributed by atoms with Crippen molar-refractivity contribution in [1.82, 2.24) is 15.5 Å². The van der Waals surface area contributed by atoms with Crippen LogP contribution in [0.5, 0.6) is 0 Å². The number of morpholine rings is 1. The van der Waals surface area contributed by atoms with E-state index in [1.807, 2.05) is 38.1 Å². The Hall–Kier alpha value is -1.92. The lowest BCUT2D eigenvalue weighted by atomic mass is 9.86. The van der Waals surface area contributed by atoms with Gasteiger partial charge in [-0.3, -0.25) is 14.5 Å². The molecular formula is C24H39N3O3. The fraction of sp³-hybridized carbons (Fsp3) is 0.667. The molecule has 1 aromatic rings. The zero-order chi connectivity index (χ0) is 22.5. The van der Waals surface area contributed by atoms with Gasteiger partial charge in [-0.1, -0.05) is 46.8 Å². The van der Waals surface area contributed by atoms with E-state index < -0.39 is 6.04 Å². The minimum Gasteiger partial charge on any atom is -0.379 e. The first-order chi connectivity index (χ1) is 13.9. The Morgan fingerprint density at radius 3 is 2.10 bits per heavy atom. The molecule has 2 amide bonds. The quantitative estimate of drug-likeness (QED) is 0.716. The summed E-state index contributed by atoms with van der Waals surface area (Å²) in [6, 6.07) is 7.02. The second-order valence-corrected chi connectivity index (χ2v) is 10.2. The maximum absolute atomic E-state index is 12.9. The number of nitrogens with one attached hydrogen (secondary N) is 2. The van der Waals surface area contributed by atoms with Crippen LogP contribution in [0.1, 0.15) is 64.4 Å². The molecule has 0 aromatic heterocycles. The van der Waals surface area contributed by atoms with Crippen molar-refractivity contribution in [3.05, 3.63) is 35.4 Å². The molecule has 168 valence electrons. The largest absolute Gasteiger partial charge is 0.379 e. The highest BCUT2D eigenvalue weighted by Crippen LogP contribution is 2.22. The topological polar surface area (TPSA) is 70.7 Å². The molecule has 1 aliphatic heterocycles. The molecule has 1 unspecified atom stereocenters. The first kappa shape index (κ1) is 24.4. The second-order valence-electron chi connectivity index (χ2n) is 10.2. The van der Waals surface area contributed by atoms with Crippen LogP contribution in [-0.4, -0.2) is 61.1 Å². The van der Waals surface area contributed by atoms with E-state index in [0.29, 0.717) is 12.1 Å². The Balaban J connectivity index is 1.99. The minimum absolute atomic E-state index is 0.0192. The van der Waals surface area contributed by atoms with Crippen LogP contribution in [0, 0.1) is 5.92 Å². The molecule has 0 radical (unpaired) electrons. The molecule has 6 heteroatoms. The molecule has 30 heavy (non-hydrogen) atoms. The van der Waals surface area contributed by atoms with Gasteiger partial charge in [-0.2, -0.15) is 0 Å². The highest BCUT2D eigenvalue weighted by Gasteiger charge is 2.31. The summed E-state index contributed by atoms with van der Waals surface area (Å²) in [5.74, 6) is -0.392. The summed E-state index contributed by atoms with van der Waals surface area (Å²) in [5.41, 5.74) is 1.59. The summed E-state index contributed by atoms with van der Waals surface area (Å²) in [7, 11) is 0. The van der Waals surface area contributed by atoms with Crippen molar-refractivity contribution in [2.75, 3.05) is 32.8 Å². The lowest BCUT2D eigenvalue weighted by Crippen LogP contribution is -2.58. The number of hydrogen-bond acceptors (Lipinski definition) is 4. The van der Waals surface area contributed by atoms with Gasteiger partial charge in [0.25, 0.3) is 5.91 Å². The molecule has 0 spiro atoms. The van der Waals surface area contributed by atoms with E-state index in [1.165, 1.54) is 5.56 Å². The fourth-order valence-corrected chi connectivity index (χ4v) is 3.57. The Bertz CT molecular complexity index is 714. The van der Waals surface area contributed by atoms with Gasteiger partial charge in [-0.15, -0.1) is 0 Å². The fourth-order valence-electron chi connectivity index (χ4n) is 3.57. The summed E-state index contributed by atoms with van der Waals surface area (Å²) < 4.78 is 5.43. The molecule has 1 saturated heterocycles. The highest BCUT2D eigenvalue weighted by atomic mass is 16.5. The summed E-state index contributed by atoms with van der Waals surface area (Å²) in [5, 5.41) is 5.97. The summed E-state index contributed by atoms with van der Waals surface area (Å²) in [6.45, 7) is 18.2. The normalized spacial score (nSPS) is 16.9. The predicted molar refractivity (Wildman–Crippen MR) is 121 cm³/mol. The minimum atomic E-state index is -0.583. The highest BCUT2D eigenvalue weighted by molar-refractivity contribution is 5.97. The van der Waals surface area contributed by atoms with E-state index in [2.05, 4.69) is 50.2 Å². The van der Waals surface area contributed by atoms with Gasteiger partial charge in [-0.25, -0.2) is 0 Å². The average molecular weight is 418 g/mol. The standard InChI is InChI=1S/C24H39N3O3/c1-17(2)20(22(29)25-16-24(6,7)27-12-14-30-15-13-27)26-21(28)18-8-10-19(11-9-18)23(3,4)5/h8-11,17,20H,12-16H2,1-7H3,(H,25,29)(H,26,28). The SMILES string of the molecule is CC(C)C(NC(=O)c1ccc(C(C)(C)C)cc1)C(=O)NCC(C)(C)N1CCOCC1. The maximum atomic E-state index is 12.9. The van der Waals surface area contributed by atoms with Crippen LogP contribution in [0.3, 0.4) is 0 Å². The smallest absolute Gasteiger partial charge is 0.251 e. The Morgan fingerprint density at radius 2 is 1.60 bits per heavy atom. The number of hydrogen-bond donors (Lipinski definition) is 2. The third kappa shape index (κ3) is 6.54. The Morgan fingerprint density at radius 1 is 1.03 bits per heavy atom. The zero-order valence-corrected chi connectivity index (χ0v) is 19.7. The van der Waals surface area contributed by atoms with Crippen LogP contribution in [0.25, 0.3) is 0 Å². The summed E-state index contributed by atoms with van der Waals surface area (Å²) in [4.78, 5) is 28.0. The van der Waals surface area contributed by atoms with E-state index in [0.717, 1.165) is 26.3 Å². The first-order valence-electron chi connectivity index (χ1n) is 10.9. The van der Waals surface area contributed by atoms with E-state index in [9.17, 15) is 9.59 Å². The van der Waals surface area contributed by atoms with Crippen molar-refractivity contribution in [2.24, 2.45) is 5.92 Å². The van der Waals surface area contributed by atoms with E-state index >= 15 is 0 Å². The third-order valence-electron chi connectivity index (χ3n) is 5.81. The van der Waals surface area contributed by atoms with E-state index in [1.54, 1.807) is 0 Å². The number of nitrogens with zero attached hydrogens (tertiary/aromatic N) is 1. The number of ether oxygens (including phenoxy) is 1. The van der Waals surface area contributed by atoms with Crippen LogP contribution in [0.4, 0.5) is 0 Å². The molecule has 1 heterocycles. The van der Waals surface area contributed by atoms with Gasteiger partial charge in [0.2, 0.25) is 5.91 Å². The van der Waals surface area contributed by atoms with Gasteiger partial charge >= 0.3 is 0 Å². The van der Waals surface area contributed by atoms with Crippen molar-refractivity contribution in [3.63, 3.8) is 0 Å². The molecule has 2 rings (SSSR count). The average Bonchev–Trinajstić information content (AvgIpc) is 2.70. The van der Waals surface area contributed by atoms with Gasteiger partial charge < -0.3 is 15.4 Å². The number of benzene rings is 1.